The number of carboxylic acid groups (broad SMARTS) is 1. The molecule has 18 heavy (non-hydrogen) atoms. The number of unbranched alkanes of at least 4 members (excludes halogenated alkanes) is 1. The smallest absolute Gasteiger partial charge is 0.409 e. The SMILES string of the molecule is CCCC(F)OC(=O)NCCCC[C@H](N)C(=O)O. The summed E-state index contributed by atoms with van der Waals surface area (Å²) in [5, 5.41) is 10.9. The van der Waals surface area contributed by atoms with Crippen molar-refractivity contribution in [2.45, 2.75) is 51.4 Å². The molecule has 0 aliphatic rings. The number of nitrogens with one attached hydrogen (secondary N) is 1. The summed E-state index contributed by atoms with van der Waals surface area (Å²) >= 11 is 0. The van der Waals surface area contributed by atoms with Crippen LogP contribution in [0.5, 0.6) is 0 Å². The molecule has 0 saturated heterocycles. The van der Waals surface area contributed by atoms with Crippen LogP contribution in [-0.2, 0) is 9.53 Å². The molecule has 0 bridgehead atoms. The lowest BCUT2D eigenvalue weighted by Crippen LogP contribution is -2.31. The summed E-state index contributed by atoms with van der Waals surface area (Å²) in [5.41, 5.74) is 5.30. The molecule has 1 unspecified atom stereocenters. The molecule has 0 aliphatic carbocycles. The van der Waals surface area contributed by atoms with Crippen LogP contribution in [0.1, 0.15) is 39.0 Å². The molecule has 0 saturated carbocycles. The normalized spacial score (nSPS) is 13.7. The summed E-state index contributed by atoms with van der Waals surface area (Å²) in [4.78, 5) is 21.4. The van der Waals surface area contributed by atoms with Crippen LogP contribution in [0.15, 0.2) is 0 Å². The number of carboxylic acids is 1. The molecule has 6 nitrogen and oxygen atoms in total. The van der Waals surface area contributed by atoms with Crippen LogP contribution in [0, 0.1) is 0 Å². The fraction of sp³-hybridized carbons (Fsp3) is 0.818. The zero-order chi connectivity index (χ0) is 14.0. The Morgan fingerprint density at radius 3 is 2.61 bits per heavy atom. The Hall–Kier alpha value is -1.37. The van der Waals surface area contributed by atoms with E-state index >= 15 is 0 Å². The molecule has 0 aromatic heterocycles. The van der Waals surface area contributed by atoms with E-state index in [1.807, 2.05) is 0 Å². The maximum Gasteiger partial charge on any atom is 0.409 e. The second kappa shape index (κ2) is 9.64. The molecule has 0 heterocycles. The van der Waals surface area contributed by atoms with E-state index in [1.165, 1.54) is 0 Å². The third-order valence-corrected chi connectivity index (χ3v) is 2.28. The van der Waals surface area contributed by atoms with E-state index in [1.54, 1.807) is 6.92 Å². The van der Waals surface area contributed by atoms with Gasteiger partial charge in [0.25, 0.3) is 0 Å². The van der Waals surface area contributed by atoms with E-state index in [4.69, 9.17) is 10.8 Å². The predicted molar refractivity (Wildman–Crippen MR) is 63.7 cm³/mol. The first-order chi connectivity index (χ1) is 8.47. The van der Waals surface area contributed by atoms with Gasteiger partial charge in [0, 0.05) is 13.0 Å². The maximum atomic E-state index is 12.9. The van der Waals surface area contributed by atoms with Crippen LogP contribution in [0.3, 0.4) is 0 Å². The second-order valence-electron chi connectivity index (χ2n) is 3.97. The number of halogens is 1. The molecule has 0 spiro atoms. The number of rotatable bonds is 9. The van der Waals surface area contributed by atoms with Crippen molar-refractivity contribution in [3.8, 4) is 0 Å². The molecule has 4 N–H and O–H groups in total. The van der Waals surface area contributed by atoms with Crippen molar-refractivity contribution in [3.05, 3.63) is 0 Å². The zero-order valence-electron chi connectivity index (χ0n) is 10.5. The molecule has 0 aromatic carbocycles. The topological polar surface area (TPSA) is 102 Å². The monoisotopic (exact) mass is 264 g/mol. The van der Waals surface area contributed by atoms with Crippen molar-refractivity contribution in [2.75, 3.05) is 6.54 Å². The summed E-state index contributed by atoms with van der Waals surface area (Å²) in [6.45, 7) is 2.10. The van der Waals surface area contributed by atoms with E-state index in [9.17, 15) is 14.0 Å². The van der Waals surface area contributed by atoms with Crippen LogP contribution in [0.25, 0.3) is 0 Å². The van der Waals surface area contributed by atoms with Gasteiger partial charge < -0.3 is 20.9 Å². The van der Waals surface area contributed by atoms with E-state index < -0.39 is 24.5 Å². The van der Waals surface area contributed by atoms with Gasteiger partial charge in [-0.15, -0.1) is 0 Å². The summed E-state index contributed by atoms with van der Waals surface area (Å²) in [7, 11) is 0. The Balaban J connectivity index is 3.49. The molecule has 106 valence electrons. The van der Waals surface area contributed by atoms with Crippen molar-refractivity contribution < 1.29 is 23.8 Å². The first kappa shape index (κ1) is 16.6. The van der Waals surface area contributed by atoms with Crippen LogP contribution in [-0.4, -0.2) is 36.1 Å². The van der Waals surface area contributed by atoms with Crippen LogP contribution < -0.4 is 11.1 Å². The number of nitrogens with two attached hydrogens (primary N) is 1. The minimum absolute atomic E-state index is 0.181. The molecule has 2 atom stereocenters. The molecule has 1 amide bonds. The Bertz CT molecular complexity index is 263. The van der Waals surface area contributed by atoms with Crippen molar-refractivity contribution >= 4 is 12.1 Å². The Morgan fingerprint density at radius 2 is 2.06 bits per heavy atom. The number of hydrogen-bond donors (Lipinski definition) is 3. The minimum atomic E-state index is -1.57. The molecule has 0 fully saturated rings. The second-order valence-corrected chi connectivity index (χ2v) is 3.97. The number of alkyl halides is 1. The van der Waals surface area contributed by atoms with Crippen molar-refractivity contribution in [2.24, 2.45) is 5.73 Å². The highest BCUT2D eigenvalue weighted by Gasteiger charge is 2.12. The summed E-state index contributed by atoms with van der Waals surface area (Å²) < 4.78 is 17.3. The molecular weight excluding hydrogens is 243 g/mol. The third kappa shape index (κ3) is 8.74. The van der Waals surface area contributed by atoms with Gasteiger partial charge >= 0.3 is 12.1 Å². The van der Waals surface area contributed by atoms with Gasteiger partial charge in [-0.1, -0.05) is 6.92 Å². The average Bonchev–Trinajstić information content (AvgIpc) is 2.28. The number of ether oxygens (including phenoxy) is 1. The van der Waals surface area contributed by atoms with Crippen LogP contribution >= 0.6 is 0 Å². The van der Waals surface area contributed by atoms with Gasteiger partial charge in [-0.05, 0) is 25.7 Å². The molecule has 0 rings (SSSR count). The van der Waals surface area contributed by atoms with E-state index in [-0.39, 0.29) is 6.42 Å². The van der Waals surface area contributed by atoms with Crippen molar-refractivity contribution in [1.82, 2.24) is 5.32 Å². The van der Waals surface area contributed by atoms with Crippen LogP contribution in [0.2, 0.25) is 0 Å². The predicted octanol–water partition coefficient (Wildman–Crippen LogP) is 1.39. The summed E-state index contributed by atoms with van der Waals surface area (Å²) in [6, 6.07) is -0.878. The summed E-state index contributed by atoms with van der Waals surface area (Å²) in [6.07, 6.45) is -0.104. The van der Waals surface area contributed by atoms with Gasteiger partial charge in [-0.3, -0.25) is 4.79 Å². The van der Waals surface area contributed by atoms with Gasteiger partial charge in [0.05, 0.1) is 0 Å². The first-order valence-electron chi connectivity index (χ1n) is 6.04. The van der Waals surface area contributed by atoms with Gasteiger partial charge in [-0.2, -0.15) is 0 Å². The highest BCUT2D eigenvalue weighted by Crippen LogP contribution is 2.03. The zero-order valence-corrected chi connectivity index (χ0v) is 10.5. The number of carbonyl (C=O) groups is 2. The molecule has 0 radical (unpaired) electrons. The molecule has 7 heteroatoms. The van der Waals surface area contributed by atoms with E-state index in [0.717, 1.165) is 0 Å². The van der Waals surface area contributed by atoms with Crippen LogP contribution in [0.4, 0.5) is 9.18 Å². The van der Waals surface area contributed by atoms with Gasteiger partial charge in [0.15, 0.2) is 0 Å². The number of aliphatic carboxylic acids is 1. The quantitative estimate of drug-likeness (QED) is 0.546. The molecule has 0 aromatic rings. The third-order valence-electron chi connectivity index (χ3n) is 2.28. The Morgan fingerprint density at radius 1 is 1.39 bits per heavy atom. The van der Waals surface area contributed by atoms with Gasteiger partial charge in [0.2, 0.25) is 6.36 Å². The lowest BCUT2D eigenvalue weighted by atomic mass is 10.1. The number of carbonyl (C=O) groups excluding carboxylic acids is 1. The number of amides is 1. The highest BCUT2D eigenvalue weighted by atomic mass is 19.1. The number of hydrogen-bond acceptors (Lipinski definition) is 4. The average molecular weight is 264 g/mol. The highest BCUT2D eigenvalue weighted by molar-refractivity contribution is 5.72. The molecule has 0 aliphatic heterocycles. The first-order valence-corrected chi connectivity index (χ1v) is 6.04. The van der Waals surface area contributed by atoms with E-state index in [2.05, 4.69) is 10.1 Å². The van der Waals surface area contributed by atoms with Crippen molar-refractivity contribution in [1.29, 1.82) is 0 Å². The molecular formula is C11H21FN2O4. The number of alkyl carbamates (subject to hydrolysis) is 1. The minimum Gasteiger partial charge on any atom is -0.480 e. The van der Waals surface area contributed by atoms with Crippen molar-refractivity contribution in [3.63, 3.8) is 0 Å². The lowest BCUT2D eigenvalue weighted by molar-refractivity contribution is -0.138. The fourth-order valence-electron chi connectivity index (χ4n) is 1.25. The van der Waals surface area contributed by atoms with E-state index in [0.29, 0.717) is 32.2 Å². The Kier molecular flexibility index (Phi) is 8.91. The standard InChI is InChI=1S/C11H21FN2O4/c1-2-5-9(12)18-11(17)14-7-4-3-6-8(13)10(15)16/h8-9H,2-7,13H2,1H3,(H,14,17)(H,15,16)/t8-,9?/m0/s1. The largest absolute Gasteiger partial charge is 0.480 e. The van der Waals surface area contributed by atoms with Gasteiger partial charge in [-0.25, -0.2) is 9.18 Å². The van der Waals surface area contributed by atoms with Gasteiger partial charge in [0.1, 0.15) is 6.04 Å². The maximum absolute atomic E-state index is 12.9. The summed E-state index contributed by atoms with van der Waals surface area (Å²) in [5.74, 6) is -1.04. The Labute approximate surface area is 106 Å². The fourth-order valence-corrected chi connectivity index (χ4v) is 1.25. The lowest BCUT2D eigenvalue weighted by Gasteiger charge is -2.10.